The highest BCUT2D eigenvalue weighted by Crippen LogP contribution is 2.25. The molecule has 2 aromatic carbocycles. The van der Waals surface area contributed by atoms with Gasteiger partial charge in [0, 0.05) is 5.56 Å². The number of hydrogen-bond donors (Lipinski definition) is 3. The average molecular weight is 399 g/mol. The van der Waals surface area contributed by atoms with Gasteiger partial charge in [-0.05, 0) is 67.0 Å². The van der Waals surface area contributed by atoms with E-state index in [0.717, 1.165) is 37.7 Å². The lowest BCUT2D eigenvalue weighted by atomic mass is 9.90. The fourth-order valence-corrected chi connectivity index (χ4v) is 3.35. The van der Waals surface area contributed by atoms with Crippen LogP contribution < -0.4 is 4.74 Å². The summed E-state index contributed by atoms with van der Waals surface area (Å²) in [7, 11) is 0. The second-order valence-corrected chi connectivity index (χ2v) is 7.48. The van der Waals surface area contributed by atoms with Crippen LogP contribution in [0.25, 0.3) is 5.57 Å². The van der Waals surface area contributed by atoms with Crippen molar-refractivity contribution in [2.45, 2.75) is 71.4 Å². The Morgan fingerprint density at radius 1 is 1.03 bits per heavy atom. The molecule has 0 saturated carbocycles. The van der Waals surface area contributed by atoms with Crippen molar-refractivity contribution in [3.63, 3.8) is 0 Å². The van der Waals surface area contributed by atoms with Gasteiger partial charge >= 0.3 is 0 Å². The van der Waals surface area contributed by atoms with E-state index in [1.807, 2.05) is 26.0 Å². The van der Waals surface area contributed by atoms with E-state index in [9.17, 15) is 5.11 Å². The minimum Gasteiger partial charge on any atom is -0.489 e. The van der Waals surface area contributed by atoms with Crippen LogP contribution in [0, 0.1) is 0 Å². The summed E-state index contributed by atoms with van der Waals surface area (Å²) in [6.07, 6.45) is 4.93. The number of hydrogen-bond acceptors (Lipinski definition) is 4. The molecule has 29 heavy (non-hydrogen) atoms. The van der Waals surface area contributed by atoms with E-state index in [1.54, 1.807) is 24.3 Å². The monoisotopic (exact) mass is 398 g/mol. The summed E-state index contributed by atoms with van der Waals surface area (Å²) in [5, 5.41) is 28.8. The van der Waals surface area contributed by atoms with E-state index in [-0.39, 0.29) is 0 Å². The fraction of sp³-hybridized carbons (Fsp3) is 0.440. The highest BCUT2D eigenvalue weighted by Gasteiger charge is 2.20. The van der Waals surface area contributed by atoms with Crippen LogP contribution in [0.1, 0.15) is 75.9 Å². The van der Waals surface area contributed by atoms with Gasteiger partial charge in [-0.25, -0.2) is 0 Å². The quantitative estimate of drug-likeness (QED) is 0.445. The third kappa shape index (κ3) is 7.00. The van der Waals surface area contributed by atoms with E-state index in [1.165, 1.54) is 11.1 Å². The van der Waals surface area contributed by atoms with E-state index in [0.29, 0.717) is 17.9 Å². The first-order chi connectivity index (χ1) is 13.9. The Hall–Kier alpha value is -2.14. The van der Waals surface area contributed by atoms with E-state index in [4.69, 9.17) is 14.9 Å². The maximum atomic E-state index is 10.5. The highest BCUT2D eigenvalue weighted by atomic mass is 16.5. The van der Waals surface area contributed by atoms with Crippen molar-refractivity contribution >= 4 is 5.57 Å². The smallest absolute Gasteiger partial charge is 0.178 e. The predicted molar refractivity (Wildman–Crippen MR) is 117 cm³/mol. The van der Waals surface area contributed by atoms with Crippen LogP contribution in [-0.2, 0) is 6.61 Å². The summed E-state index contributed by atoms with van der Waals surface area (Å²) in [6.45, 7) is 6.67. The van der Waals surface area contributed by atoms with Gasteiger partial charge in [0.25, 0.3) is 0 Å². The molecule has 0 fully saturated rings. The molecular formula is C25H34O4. The average Bonchev–Trinajstić information content (AvgIpc) is 2.75. The maximum absolute atomic E-state index is 10.5. The van der Waals surface area contributed by atoms with Crippen LogP contribution in [0.2, 0.25) is 0 Å². The Morgan fingerprint density at radius 3 is 2.31 bits per heavy atom. The Kier molecular flexibility index (Phi) is 8.90. The zero-order valence-electron chi connectivity index (χ0n) is 17.8. The van der Waals surface area contributed by atoms with E-state index >= 15 is 0 Å². The van der Waals surface area contributed by atoms with Crippen molar-refractivity contribution in [2.75, 3.05) is 0 Å². The predicted octanol–water partition coefficient (Wildman–Crippen LogP) is 5.37. The number of aliphatic hydroxyl groups is 3. The molecule has 0 aliphatic heterocycles. The fourth-order valence-electron chi connectivity index (χ4n) is 3.35. The normalized spacial score (nSPS) is 12.4. The van der Waals surface area contributed by atoms with Gasteiger partial charge in [0.1, 0.15) is 12.4 Å². The van der Waals surface area contributed by atoms with Crippen LogP contribution in [0.15, 0.2) is 54.6 Å². The highest BCUT2D eigenvalue weighted by molar-refractivity contribution is 5.65. The molecule has 3 N–H and O–H groups in total. The second-order valence-electron chi connectivity index (χ2n) is 7.48. The second kappa shape index (κ2) is 11.1. The minimum atomic E-state index is -1.47. The van der Waals surface area contributed by atoms with Gasteiger partial charge in [0.05, 0.1) is 5.60 Å². The molecule has 0 aromatic heterocycles. The first kappa shape index (κ1) is 23.1. The first-order valence-corrected chi connectivity index (χ1v) is 10.5. The number of allylic oxidation sites excluding steroid dienone is 2. The maximum Gasteiger partial charge on any atom is 0.178 e. The molecular weight excluding hydrogens is 364 g/mol. The Morgan fingerprint density at radius 2 is 1.72 bits per heavy atom. The van der Waals surface area contributed by atoms with Gasteiger partial charge in [-0.3, -0.25) is 0 Å². The van der Waals surface area contributed by atoms with Crippen molar-refractivity contribution in [1.29, 1.82) is 0 Å². The standard InChI is InChI=1S/C25H34O4/c1-4-20(11-8-16-25(28,5-2)6-3)22-10-7-9-19(17-22)18-29-23-14-12-21(13-15-23)24(26)27/h7,9-15,17,24,26-28H,4-6,8,16,18H2,1-3H3. The molecule has 0 unspecified atom stereocenters. The van der Waals surface area contributed by atoms with Gasteiger partial charge in [0.15, 0.2) is 6.29 Å². The summed E-state index contributed by atoms with van der Waals surface area (Å²) in [4.78, 5) is 0. The van der Waals surface area contributed by atoms with Gasteiger partial charge in [0.2, 0.25) is 0 Å². The van der Waals surface area contributed by atoms with Crippen molar-refractivity contribution in [3.8, 4) is 5.75 Å². The molecule has 158 valence electrons. The lowest BCUT2D eigenvalue weighted by Gasteiger charge is -2.24. The lowest BCUT2D eigenvalue weighted by molar-refractivity contribution is -0.0425. The molecule has 4 nitrogen and oxygen atoms in total. The molecule has 0 atom stereocenters. The molecule has 0 aliphatic rings. The number of benzene rings is 2. The number of aliphatic hydroxyl groups excluding tert-OH is 1. The molecule has 0 amide bonds. The largest absolute Gasteiger partial charge is 0.489 e. The van der Waals surface area contributed by atoms with E-state index < -0.39 is 11.9 Å². The lowest BCUT2D eigenvalue weighted by Crippen LogP contribution is -2.25. The van der Waals surface area contributed by atoms with Crippen LogP contribution in [-0.4, -0.2) is 20.9 Å². The third-order valence-corrected chi connectivity index (χ3v) is 5.58. The molecule has 4 heteroatoms. The summed E-state index contributed by atoms with van der Waals surface area (Å²) >= 11 is 0. The summed E-state index contributed by atoms with van der Waals surface area (Å²) in [5.41, 5.74) is 3.42. The summed E-state index contributed by atoms with van der Waals surface area (Å²) in [6, 6.07) is 15.1. The van der Waals surface area contributed by atoms with Gasteiger partial charge in [-0.15, -0.1) is 0 Å². The SMILES string of the molecule is CCC(=CCCC(O)(CC)CC)c1cccc(COc2ccc(C(O)O)cc2)c1. The zero-order chi connectivity index (χ0) is 21.3. The van der Waals surface area contributed by atoms with Gasteiger partial charge in [-0.1, -0.05) is 57.2 Å². The Labute approximate surface area is 174 Å². The van der Waals surface area contributed by atoms with Crippen LogP contribution >= 0.6 is 0 Å². The zero-order valence-corrected chi connectivity index (χ0v) is 17.8. The van der Waals surface area contributed by atoms with E-state index in [2.05, 4.69) is 25.1 Å². The number of ether oxygens (including phenoxy) is 1. The molecule has 0 saturated heterocycles. The molecule has 0 bridgehead atoms. The molecule has 2 aromatic rings. The van der Waals surface area contributed by atoms with Crippen LogP contribution in [0.4, 0.5) is 0 Å². The van der Waals surface area contributed by atoms with Crippen LogP contribution in [0.3, 0.4) is 0 Å². The Bertz CT molecular complexity index is 774. The molecule has 0 radical (unpaired) electrons. The number of rotatable bonds is 11. The van der Waals surface area contributed by atoms with Gasteiger partial charge in [-0.2, -0.15) is 0 Å². The van der Waals surface area contributed by atoms with Crippen molar-refractivity contribution in [2.24, 2.45) is 0 Å². The van der Waals surface area contributed by atoms with Crippen molar-refractivity contribution in [3.05, 3.63) is 71.3 Å². The first-order valence-electron chi connectivity index (χ1n) is 10.5. The summed E-state index contributed by atoms with van der Waals surface area (Å²) < 4.78 is 5.83. The summed E-state index contributed by atoms with van der Waals surface area (Å²) in [5.74, 6) is 0.685. The topological polar surface area (TPSA) is 69.9 Å². The molecule has 2 rings (SSSR count). The minimum absolute atomic E-state index is 0.440. The van der Waals surface area contributed by atoms with Crippen LogP contribution in [0.5, 0.6) is 5.75 Å². The molecule has 0 spiro atoms. The third-order valence-electron chi connectivity index (χ3n) is 5.58. The van der Waals surface area contributed by atoms with Crippen molar-refractivity contribution < 1.29 is 20.1 Å². The van der Waals surface area contributed by atoms with Crippen molar-refractivity contribution in [1.82, 2.24) is 0 Å². The van der Waals surface area contributed by atoms with Gasteiger partial charge < -0.3 is 20.1 Å². The molecule has 0 heterocycles. The molecule has 0 aliphatic carbocycles. The Balaban J connectivity index is 2.01.